The Hall–Kier alpha value is -2.62. The summed E-state index contributed by atoms with van der Waals surface area (Å²) in [5.74, 6) is 0.968. The second-order valence-corrected chi connectivity index (χ2v) is 6.88. The highest BCUT2D eigenvalue weighted by molar-refractivity contribution is 5.93. The van der Waals surface area contributed by atoms with Crippen molar-refractivity contribution in [2.45, 2.75) is 46.5 Å². The van der Waals surface area contributed by atoms with Gasteiger partial charge in [0.15, 0.2) is 6.61 Å². The Balaban J connectivity index is 1.92. The fourth-order valence-corrected chi connectivity index (χ4v) is 2.74. The van der Waals surface area contributed by atoms with Crippen LogP contribution in [0, 0.1) is 6.92 Å². The molecule has 4 heteroatoms. The molecule has 0 aliphatic carbocycles. The predicted molar refractivity (Wildman–Crippen MR) is 105 cm³/mol. The fraction of sp³-hybridized carbons (Fsp3) is 0.364. The topological polar surface area (TPSA) is 55.4 Å². The average Bonchev–Trinajstić information content (AvgIpc) is 2.60. The predicted octanol–water partition coefficient (Wildman–Crippen LogP) is 4.66. The van der Waals surface area contributed by atoms with E-state index in [0.29, 0.717) is 18.1 Å². The van der Waals surface area contributed by atoms with Crippen molar-refractivity contribution in [3.8, 4) is 5.75 Å². The van der Waals surface area contributed by atoms with Gasteiger partial charge in [-0.2, -0.15) is 0 Å². The lowest BCUT2D eigenvalue weighted by Crippen LogP contribution is -2.21. The molecule has 0 aromatic heterocycles. The number of nitrogens with one attached hydrogen (secondary N) is 1. The molecule has 0 bridgehead atoms. The van der Waals surface area contributed by atoms with Gasteiger partial charge in [-0.3, -0.25) is 4.79 Å². The molecule has 0 spiro atoms. The second kappa shape index (κ2) is 9.18. The van der Waals surface area contributed by atoms with Crippen LogP contribution in [0.4, 0.5) is 5.69 Å². The number of carbonyl (C=O) groups excluding carboxylic acids is 2. The van der Waals surface area contributed by atoms with E-state index in [1.165, 1.54) is 0 Å². The molecule has 0 saturated carbocycles. The van der Waals surface area contributed by atoms with Crippen LogP contribution in [0.25, 0.3) is 0 Å². The Morgan fingerprint density at radius 1 is 1.08 bits per heavy atom. The largest absolute Gasteiger partial charge is 0.484 e. The van der Waals surface area contributed by atoms with E-state index in [2.05, 4.69) is 19.2 Å². The number of rotatable bonds is 8. The summed E-state index contributed by atoms with van der Waals surface area (Å²) >= 11 is 0. The Bertz CT molecular complexity index is 763. The van der Waals surface area contributed by atoms with Crippen molar-refractivity contribution in [2.24, 2.45) is 0 Å². The first-order valence-electron chi connectivity index (χ1n) is 8.97. The quantitative estimate of drug-likeness (QED) is 0.751. The Labute approximate surface area is 155 Å². The number of benzene rings is 2. The number of anilines is 1. The molecule has 26 heavy (non-hydrogen) atoms. The third kappa shape index (κ3) is 5.73. The SMILES string of the molecule is CC(=O)CCc1ccc(OCC(=O)Nc2c(C)cccc2C(C)C)cc1. The van der Waals surface area contributed by atoms with Gasteiger partial charge < -0.3 is 14.8 Å². The summed E-state index contributed by atoms with van der Waals surface area (Å²) < 4.78 is 5.58. The normalized spacial score (nSPS) is 10.7. The van der Waals surface area contributed by atoms with E-state index in [0.717, 1.165) is 28.8 Å². The van der Waals surface area contributed by atoms with Crippen LogP contribution in [0.2, 0.25) is 0 Å². The number of amides is 1. The van der Waals surface area contributed by atoms with Crippen LogP contribution >= 0.6 is 0 Å². The molecule has 2 rings (SSSR count). The number of hydrogen-bond donors (Lipinski definition) is 1. The highest BCUT2D eigenvalue weighted by Gasteiger charge is 2.12. The van der Waals surface area contributed by atoms with Gasteiger partial charge >= 0.3 is 0 Å². The van der Waals surface area contributed by atoms with E-state index in [1.54, 1.807) is 6.92 Å². The van der Waals surface area contributed by atoms with E-state index in [9.17, 15) is 9.59 Å². The minimum atomic E-state index is -0.179. The van der Waals surface area contributed by atoms with E-state index in [1.807, 2.05) is 49.4 Å². The summed E-state index contributed by atoms with van der Waals surface area (Å²) in [5.41, 5.74) is 4.11. The number of ketones is 1. The zero-order valence-electron chi connectivity index (χ0n) is 16.0. The van der Waals surface area contributed by atoms with Crippen LogP contribution in [0.3, 0.4) is 0 Å². The number of carbonyl (C=O) groups is 2. The van der Waals surface area contributed by atoms with E-state index in [4.69, 9.17) is 4.74 Å². The van der Waals surface area contributed by atoms with Crippen molar-refractivity contribution in [1.82, 2.24) is 0 Å². The maximum absolute atomic E-state index is 12.3. The first-order chi connectivity index (χ1) is 12.4. The number of hydrogen-bond acceptors (Lipinski definition) is 3. The zero-order chi connectivity index (χ0) is 19.1. The minimum Gasteiger partial charge on any atom is -0.484 e. The monoisotopic (exact) mass is 353 g/mol. The molecule has 2 aromatic rings. The molecule has 2 aromatic carbocycles. The molecule has 0 saturated heterocycles. The van der Waals surface area contributed by atoms with Gasteiger partial charge in [-0.1, -0.05) is 44.2 Å². The van der Waals surface area contributed by atoms with Gasteiger partial charge in [-0.05, 0) is 55.0 Å². The van der Waals surface area contributed by atoms with Crippen molar-refractivity contribution in [3.05, 3.63) is 59.2 Å². The molecule has 0 fully saturated rings. The van der Waals surface area contributed by atoms with Crippen LogP contribution in [-0.4, -0.2) is 18.3 Å². The number of para-hydroxylation sites is 1. The molecule has 0 aliphatic heterocycles. The lowest BCUT2D eigenvalue weighted by Gasteiger charge is -2.16. The lowest BCUT2D eigenvalue weighted by atomic mass is 9.98. The average molecular weight is 353 g/mol. The molecule has 4 nitrogen and oxygen atoms in total. The number of Topliss-reactive ketones (excluding diaryl/α,β-unsaturated/α-hetero) is 1. The third-order valence-corrected chi connectivity index (χ3v) is 4.25. The van der Waals surface area contributed by atoms with Crippen LogP contribution < -0.4 is 10.1 Å². The number of aryl methyl sites for hydroxylation is 2. The van der Waals surface area contributed by atoms with Gasteiger partial charge in [-0.25, -0.2) is 0 Å². The molecule has 138 valence electrons. The highest BCUT2D eigenvalue weighted by Crippen LogP contribution is 2.27. The summed E-state index contributed by atoms with van der Waals surface area (Å²) in [5, 5.41) is 2.97. The maximum atomic E-state index is 12.3. The molecule has 0 atom stereocenters. The van der Waals surface area contributed by atoms with Crippen LogP contribution in [-0.2, 0) is 16.0 Å². The maximum Gasteiger partial charge on any atom is 0.262 e. The Kier molecular flexibility index (Phi) is 6.96. The van der Waals surface area contributed by atoms with E-state index < -0.39 is 0 Å². The van der Waals surface area contributed by atoms with E-state index >= 15 is 0 Å². The number of ether oxygens (including phenoxy) is 1. The summed E-state index contributed by atoms with van der Waals surface area (Å²) in [6.07, 6.45) is 1.26. The van der Waals surface area contributed by atoms with Gasteiger partial charge in [0.2, 0.25) is 0 Å². The van der Waals surface area contributed by atoms with Crippen molar-refractivity contribution < 1.29 is 14.3 Å². The molecule has 0 aliphatic rings. The first-order valence-corrected chi connectivity index (χ1v) is 8.97. The van der Waals surface area contributed by atoms with Gasteiger partial charge in [0.05, 0.1) is 0 Å². The Morgan fingerprint density at radius 2 is 1.77 bits per heavy atom. The van der Waals surface area contributed by atoms with Crippen LogP contribution in [0.15, 0.2) is 42.5 Å². The summed E-state index contributed by atoms with van der Waals surface area (Å²) in [6.45, 7) is 7.75. The first kappa shape index (κ1) is 19.7. The third-order valence-electron chi connectivity index (χ3n) is 4.25. The molecule has 0 unspecified atom stereocenters. The summed E-state index contributed by atoms with van der Waals surface area (Å²) in [7, 11) is 0. The van der Waals surface area contributed by atoms with Crippen molar-refractivity contribution in [3.63, 3.8) is 0 Å². The summed E-state index contributed by atoms with van der Waals surface area (Å²) in [4.78, 5) is 23.3. The van der Waals surface area contributed by atoms with Crippen LogP contribution in [0.5, 0.6) is 5.75 Å². The van der Waals surface area contributed by atoms with Crippen molar-refractivity contribution in [1.29, 1.82) is 0 Å². The van der Waals surface area contributed by atoms with Gasteiger partial charge in [-0.15, -0.1) is 0 Å². The smallest absolute Gasteiger partial charge is 0.262 e. The molecule has 1 N–H and O–H groups in total. The molecular weight excluding hydrogens is 326 g/mol. The molecule has 0 heterocycles. The molecule has 0 radical (unpaired) electrons. The molecular formula is C22H27NO3. The van der Waals surface area contributed by atoms with Gasteiger partial charge in [0.1, 0.15) is 11.5 Å². The van der Waals surface area contributed by atoms with Gasteiger partial charge in [0, 0.05) is 12.1 Å². The lowest BCUT2D eigenvalue weighted by molar-refractivity contribution is -0.118. The minimum absolute atomic E-state index is 0.0430. The standard InChI is InChI=1S/C22H27NO3/c1-15(2)20-7-5-6-16(3)22(20)23-21(25)14-26-19-12-10-18(11-13-19)9-8-17(4)24/h5-7,10-13,15H,8-9,14H2,1-4H3,(H,23,25). The van der Waals surface area contributed by atoms with Crippen molar-refractivity contribution in [2.75, 3.05) is 11.9 Å². The second-order valence-electron chi connectivity index (χ2n) is 6.88. The van der Waals surface area contributed by atoms with E-state index in [-0.39, 0.29) is 18.3 Å². The Morgan fingerprint density at radius 3 is 2.38 bits per heavy atom. The van der Waals surface area contributed by atoms with Crippen LogP contribution in [0.1, 0.15) is 49.8 Å². The fourth-order valence-electron chi connectivity index (χ4n) is 2.74. The zero-order valence-corrected chi connectivity index (χ0v) is 16.0. The molecule has 1 amide bonds. The highest BCUT2D eigenvalue weighted by atomic mass is 16.5. The van der Waals surface area contributed by atoms with Crippen molar-refractivity contribution >= 4 is 17.4 Å². The van der Waals surface area contributed by atoms with Gasteiger partial charge in [0.25, 0.3) is 5.91 Å². The summed E-state index contributed by atoms with van der Waals surface area (Å²) in [6, 6.07) is 13.5.